The van der Waals surface area contributed by atoms with Crippen molar-refractivity contribution in [2.45, 2.75) is 50.9 Å². The minimum atomic E-state index is -0.650. The molecule has 6 rings (SSSR count). The van der Waals surface area contributed by atoms with Gasteiger partial charge in [0.1, 0.15) is 12.7 Å². The monoisotopic (exact) mass is 531 g/mol. The number of anilines is 2. The number of piperazine rings is 1. The van der Waals surface area contributed by atoms with Crippen LogP contribution in [0.15, 0.2) is 53.9 Å². The van der Waals surface area contributed by atoms with Crippen molar-refractivity contribution in [2.24, 2.45) is 10.8 Å². The highest BCUT2D eigenvalue weighted by Crippen LogP contribution is 2.36. The lowest BCUT2D eigenvalue weighted by Crippen LogP contribution is -2.64. The Bertz CT molecular complexity index is 1290. The van der Waals surface area contributed by atoms with Crippen molar-refractivity contribution in [3.8, 4) is 11.5 Å². The number of aromatic hydroxyl groups is 1. The number of hydrogen-bond donors (Lipinski definition) is 2. The van der Waals surface area contributed by atoms with Crippen molar-refractivity contribution >= 4 is 28.7 Å². The van der Waals surface area contributed by atoms with E-state index in [4.69, 9.17) is 10.5 Å². The largest absolute Gasteiger partial charge is 0.504 e. The van der Waals surface area contributed by atoms with Gasteiger partial charge in [-0.05, 0) is 31.0 Å². The third-order valence-electron chi connectivity index (χ3n) is 8.05. The Hall–Kier alpha value is -3.67. The molecular weight excluding hydrogens is 494 g/mol. The van der Waals surface area contributed by atoms with E-state index in [9.17, 15) is 5.11 Å². The Morgan fingerprint density at radius 3 is 2.44 bits per heavy atom. The number of nitrogens with zero attached hydrogens (tertiary/aromatic N) is 8. The smallest absolute Gasteiger partial charge is 0.198 e. The lowest BCUT2D eigenvalue weighted by Gasteiger charge is -2.47. The first-order valence-corrected chi connectivity index (χ1v) is 13.9. The summed E-state index contributed by atoms with van der Waals surface area (Å²) < 4.78 is 5.33. The van der Waals surface area contributed by atoms with E-state index in [2.05, 4.69) is 42.2 Å². The van der Waals surface area contributed by atoms with Crippen molar-refractivity contribution < 1.29 is 9.84 Å². The molecule has 3 aromatic rings. The average molecular weight is 532 g/mol. The van der Waals surface area contributed by atoms with Crippen molar-refractivity contribution in [1.82, 2.24) is 24.9 Å². The summed E-state index contributed by atoms with van der Waals surface area (Å²) in [6.07, 6.45) is 10.6. The van der Waals surface area contributed by atoms with Crippen LogP contribution in [0.5, 0.6) is 11.5 Å². The lowest BCUT2D eigenvalue weighted by atomic mass is 10.1. The second-order valence-electron chi connectivity index (χ2n) is 10.4. The molecule has 3 aliphatic rings. The molecule has 3 heterocycles. The van der Waals surface area contributed by atoms with Gasteiger partial charge in [-0.3, -0.25) is 10.6 Å². The number of phenolic OH excluding ortho intramolecular Hbond substituents is 1. The van der Waals surface area contributed by atoms with Crippen LogP contribution >= 0.6 is 0 Å². The van der Waals surface area contributed by atoms with E-state index < -0.39 is 6.29 Å². The molecule has 206 valence electrons. The number of hydrazine groups is 2. The van der Waals surface area contributed by atoms with Gasteiger partial charge in [0.05, 0.1) is 18.3 Å². The molecule has 0 bridgehead atoms. The van der Waals surface area contributed by atoms with Crippen LogP contribution in [0, 0.1) is 0 Å². The third kappa shape index (κ3) is 5.05. The number of ether oxygens (including phenoxy) is 1. The highest BCUT2D eigenvalue weighted by Gasteiger charge is 2.36. The number of fused-ring (bicyclic) bond motifs is 1. The molecule has 0 spiro atoms. The first kappa shape index (κ1) is 25.6. The topological polar surface area (TPSA) is 110 Å². The molecular formula is C28H37N9O2. The molecule has 1 unspecified atom stereocenters. The van der Waals surface area contributed by atoms with Crippen molar-refractivity contribution in [1.29, 1.82) is 0 Å². The average Bonchev–Trinajstić information content (AvgIpc) is 3.15. The quantitative estimate of drug-likeness (QED) is 0.460. The van der Waals surface area contributed by atoms with Crippen LogP contribution in [0.3, 0.4) is 0 Å². The van der Waals surface area contributed by atoms with Gasteiger partial charge < -0.3 is 9.84 Å². The standard InChI is InChI=1S/C28H37N9O2/c1-39-26-17-23-24(18-25(26)38)30-19-31-27(23)36-28(29)35(20-32-36)37(22-11-7-4-8-12-22)34-15-13-33(14-16-34)21-9-5-2-3-6-10-21/h4,7-8,11-12,17-21,28,38H,2-3,5-6,9-10,13-16,29H2,1H3. The van der Waals surface area contributed by atoms with Gasteiger partial charge in [-0.15, -0.1) is 0 Å². The van der Waals surface area contributed by atoms with Crippen LogP contribution in [0.1, 0.15) is 38.5 Å². The van der Waals surface area contributed by atoms with E-state index in [0.29, 0.717) is 28.5 Å². The van der Waals surface area contributed by atoms with Crippen molar-refractivity contribution in [2.75, 3.05) is 43.4 Å². The van der Waals surface area contributed by atoms with Gasteiger partial charge in [0.25, 0.3) is 0 Å². The zero-order chi connectivity index (χ0) is 26.8. The second kappa shape index (κ2) is 11.2. The molecule has 0 radical (unpaired) electrons. The zero-order valence-electron chi connectivity index (χ0n) is 22.4. The predicted molar refractivity (Wildman–Crippen MR) is 152 cm³/mol. The molecule has 11 heteroatoms. The summed E-state index contributed by atoms with van der Waals surface area (Å²) in [5, 5.41) is 23.7. The van der Waals surface area contributed by atoms with Gasteiger partial charge in [-0.2, -0.15) is 10.1 Å². The van der Waals surface area contributed by atoms with Gasteiger partial charge in [0, 0.05) is 43.7 Å². The van der Waals surface area contributed by atoms with Gasteiger partial charge in [0.2, 0.25) is 0 Å². The minimum Gasteiger partial charge on any atom is -0.504 e. The summed E-state index contributed by atoms with van der Waals surface area (Å²) in [5.41, 5.74) is 8.45. The maximum atomic E-state index is 10.2. The van der Waals surface area contributed by atoms with Crippen LogP contribution in [-0.2, 0) is 0 Å². The number of phenols is 1. The molecule has 1 atom stereocenters. The van der Waals surface area contributed by atoms with Crippen molar-refractivity contribution in [3.63, 3.8) is 0 Å². The predicted octanol–water partition coefficient (Wildman–Crippen LogP) is 3.33. The first-order valence-electron chi connectivity index (χ1n) is 13.9. The van der Waals surface area contributed by atoms with Gasteiger partial charge in [-0.25, -0.2) is 25.1 Å². The normalized spacial score (nSPS) is 21.4. The Kier molecular flexibility index (Phi) is 7.36. The highest BCUT2D eigenvalue weighted by molar-refractivity contribution is 5.92. The number of para-hydroxylation sites is 1. The number of aromatic nitrogens is 2. The summed E-state index contributed by atoms with van der Waals surface area (Å²) in [7, 11) is 1.51. The summed E-state index contributed by atoms with van der Waals surface area (Å²) in [6, 6.07) is 14.3. The molecule has 3 N–H and O–H groups in total. The number of rotatable bonds is 6. The van der Waals surface area contributed by atoms with E-state index in [1.165, 1.54) is 52.0 Å². The molecule has 1 saturated carbocycles. The van der Waals surface area contributed by atoms with Gasteiger partial charge >= 0.3 is 0 Å². The molecule has 1 aliphatic carbocycles. The van der Waals surface area contributed by atoms with Crippen LogP contribution in [0.4, 0.5) is 11.5 Å². The van der Waals surface area contributed by atoms with Crippen LogP contribution < -0.4 is 20.6 Å². The third-order valence-corrected chi connectivity index (χ3v) is 8.05. The fourth-order valence-corrected chi connectivity index (χ4v) is 6.00. The van der Waals surface area contributed by atoms with Gasteiger partial charge in [0.15, 0.2) is 23.6 Å². The molecule has 2 aromatic carbocycles. The Labute approximate surface area is 229 Å². The Balaban J connectivity index is 1.25. The SMILES string of the molecule is COc1cc2c(N3N=CN(N(c4ccccc4)N4CCN(C5CCCCCC5)CC4)C3N)ncnc2cc1O. The molecule has 2 aliphatic heterocycles. The fourth-order valence-electron chi connectivity index (χ4n) is 6.00. The van der Waals surface area contributed by atoms with Crippen LogP contribution in [0.25, 0.3) is 10.9 Å². The van der Waals surface area contributed by atoms with E-state index in [0.717, 1.165) is 31.9 Å². The highest BCUT2D eigenvalue weighted by atomic mass is 16.5. The Morgan fingerprint density at radius 2 is 1.72 bits per heavy atom. The maximum absolute atomic E-state index is 10.2. The summed E-state index contributed by atoms with van der Waals surface area (Å²) >= 11 is 0. The first-order chi connectivity index (χ1) is 19.1. The zero-order valence-corrected chi connectivity index (χ0v) is 22.4. The minimum absolute atomic E-state index is 0.0174. The number of hydrazone groups is 1. The lowest BCUT2D eigenvalue weighted by molar-refractivity contribution is 0.0461. The van der Waals surface area contributed by atoms with Crippen LogP contribution in [-0.4, -0.2) is 82.0 Å². The van der Waals surface area contributed by atoms with Crippen LogP contribution in [0.2, 0.25) is 0 Å². The fraction of sp³-hybridized carbons (Fsp3) is 0.464. The molecule has 2 fully saturated rings. The summed E-state index contributed by atoms with van der Waals surface area (Å²) in [6.45, 7) is 3.85. The molecule has 11 nitrogen and oxygen atoms in total. The molecule has 1 saturated heterocycles. The van der Waals surface area contributed by atoms with E-state index in [1.54, 1.807) is 23.5 Å². The summed E-state index contributed by atoms with van der Waals surface area (Å²) in [5.74, 6) is 0.893. The number of hydrogen-bond acceptors (Lipinski definition) is 11. The molecule has 1 aromatic heterocycles. The number of methoxy groups -OCH3 is 1. The van der Waals surface area contributed by atoms with E-state index in [-0.39, 0.29) is 5.75 Å². The molecule has 39 heavy (non-hydrogen) atoms. The number of nitrogens with two attached hydrogens (primary N) is 1. The second-order valence-corrected chi connectivity index (χ2v) is 10.4. The Morgan fingerprint density at radius 1 is 0.974 bits per heavy atom. The maximum Gasteiger partial charge on any atom is 0.198 e. The van der Waals surface area contributed by atoms with Gasteiger partial charge in [-0.1, -0.05) is 43.9 Å². The van der Waals surface area contributed by atoms with E-state index in [1.807, 2.05) is 23.2 Å². The molecule has 0 amide bonds. The van der Waals surface area contributed by atoms with Crippen molar-refractivity contribution in [3.05, 3.63) is 48.8 Å². The number of benzene rings is 2. The summed E-state index contributed by atoms with van der Waals surface area (Å²) in [4.78, 5) is 11.5. The van der Waals surface area contributed by atoms with E-state index >= 15 is 0 Å².